The van der Waals surface area contributed by atoms with Crippen LogP contribution in [0.3, 0.4) is 0 Å². The number of hydrogen-bond acceptors (Lipinski definition) is 2. The Labute approximate surface area is 400 Å². The highest BCUT2D eigenvalue weighted by Gasteiger charge is 2.11. The molecule has 0 aromatic heterocycles. The minimum Gasteiger partial charge on any atom is -0.494 e. The maximum atomic E-state index is 6.12. The summed E-state index contributed by atoms with van der Waals surface area (Å²) in [5, 5.41) is 0. The number of hydrogen-bond donors (Lipinski definition) is 0. The molecule has 0 heterocycles. The van der Waals surface area contributed by atoms with Gasteiger partial charge in [0.1, 0.15) is 11.5 Å². The molecule has 0 spiro atoms. The van der Waals surface area contributed by atoms with E-state index < -0.39 is 0 Å². The van der Waals surface area contributed by atoms with Gasteiger partial charge in [-0.2, -0.15) is 0 Å². The first-order chi connectivity index (χ1) is 30.6. The van der Waals surface area contributed by atoms with Crippen LogP contribution in [0.1, 0.15) is 245 Å². The molecule has 350 valence electrons. The lowest BCUT2D eigenvalue weighted by atomic mass is 10.00. The average Bonchev–Trinajstić information content (AvgIpc) is 3.29. The Morgan fingerprint density at radius 2 is 0.500 bits per heavy atom. The summed E-state index contributed by atoms with van der Waals surface area (Å²) in [6, 6.07) is 21.6. The van der Waals surface area contributed by atoms with Crippen molar-refractivity contribution < 1.29 is 9.47 Å². The largest absolute Gasteiger partial charge is 0.494 e. The quantitative estimate of drug-likeness (QED) is 0.0527. The third-order valence-corrected chi connectivity index (χ3v) is 14.2. The van der Waals surface area contributed by atoms with Crippen molar-refractivity contribution in [2.75, 3.05) is 13.2 Å². The molecule has 0 N–H and O–H groups in total. The Morgan fingerprint density at radius 1 is 0.290 bits per heavy atom. The number of ether oxygens (including phenoxy) is 2. The second-order valence-corrected chi connectivity index (χ2v) is 20.3. The highest BCUT2D eigenvalue weighted by Crippen LogP contribution is 2.39. The van der Waals surface area contributed by atoms with Gasteiger partial charge in [0.05, 0.1) is 13.2 Å². The maximum absolute atomic E-state index is 6.12. The van der Waals surface area contributed by atoms with Gasteiger partial charge in [0.2, 0.25) is 0 Å². The molecule has 3 aromatic carbocycles. The summed E-state index contributed by atoms with van der Waals surface area (Å²) in [6.45, 7) is 6.19. The highest BCUT2D eigenvalue weighted by atomic mass is 79.9. The molecule has 0 fully saturated rings. The smallest absolute Gasteiger partial charge is 0.119 e. The van der Waals surface area contributed by atoms with Crippen LogP contribution >= 0.6 is 31.9 Å². The van der Waals surface area contributed by atoms with Crippen molar-refractivity contribution in [3.8, 4) is 33.8 Å². The number of halogens is 2. The summed E-state index contributed by atoms with van der Waals surface area (Å²) in [7, 11) is 0. The zero-order valence-corrected chi connectivity index (χ0v) is 43.4. The van der Waals surface area contributed by atoms with Gasteiger partial charge in [-0.25, -0.2) is 0 Å². The van der Waals surface area contributed by atoms with Crippen molar-refractivity contribution in [1.82, 2.24) is 0 Å². The summed E-state index contributed by atoms with van der Waals surface area (Å²) in [5.41, 5.74) is 4.68. The molecule has 0 atom stereocenters. The lowest BCUT2D eigenvalue weighted by Gasteiger charge is -2.13. The number of rotatable bonds is 42. The van der Waals surface area contributed by atoms with Crippen molar-refractivity contribution in [1.29, 1.82) is 0 Å². The predicted octanol–water partition coefficient (Wildman–Crippen LogP) is 21.4. The van der Waals surface area contributed by atoms with Gasteiger partial charge >= 0.3 is 0 Å². The van der Waals surface area contributed by atoms with Crippen molar-refractivity contribution in [3.05, 3.63) is 69.6 Å². The normalized spacial score (nSPS) is 11.4. The standard InChI is InChI=1S/C58H92Br2O2/c1-3-5-7-9-11-13-15-17-19-21-23-25-27-29-31-33-35-37-47-61-53-43-39-51(40-44-53)55-49-58(60)56(50-57(55)59)52-41-45-54(46-42-52)62-48-38-36-34-32-30-28-26-24-22-20-18-16-14-12-10-8-6-4-2/h39-46,49-50H,3-38,47-48H2,1-2H3. The monoisotopic (exact) mass is 979 g/mol. The van der Waals surface area contributed by atoms with Crippen LogP contribution in [0.4, 0.5) is 0 Å². The van der Waals surface area contributed by atoms with Gasteiger partial charge in [0, 0.05) is 8.95 Å². The van der Waals surface area contributed by atoms with Gasteiger partial charge in [-0.15, -0.1) is 0 Å². The van der Waals surface area contributed by atoms with E-state index >= 15 is 0 Å². The van der Waals surface area contributed by atoms with E-state index in [1.807, 2.05) is 0 Å². The molecule has 0 unspecified atom stereocenters. The molecule has 0 aliphatic heterocycles. The number of benzene rings is 3. The van der Waals surface area contributed by atoms with Crippen LogP contribution in [-0.4, -0.2) is 13.2 Å². The molecular weight excluding hydrogens is 888 g/mol. The van der Waals surface area contributed by atoms with Crippen molar-refractivity contribution in [3.63, 3.8) is 0 Å². The van der Waals surface area contributed by atoms with Gasteiger partial charge in [-0.1, -0.05) is 288 Å². The van der Waals surface area contributed by atoms with E-state index in [1.54, 1.807) is 0 Å². The molecule has 4 heteroatoms. The van der Waals surface area contributed by atoms with E-state index in [-0.39, 0.29) is 0 Å². The fraction of sp³-hybridized carbons (Fsp3) is 0.690. The first-order valence-corrected chi connectivity index (χ1v) is 28.2. The van der Waals surface area contributed by atoms with Crippen molar-refractivity contribution in [2.24, 2.45) is 0 Å². The number of unbranched alkanes of at least 4 members (excludes halogenated alkanes) is 34. The molecule has 3 rings (SSSR count). The van der Waals surface area contributed by atoms with E-state index in [0.29, 0.717) is 0 Å². The summed E-state index contributed by atoms with van der Waals surface area (Å²) < 4.78 is 14.4. The second kappa shape index (κ2) is 38.5. The van der Waals surface area contributed by atoms with E-state index in [9.17, 15) is 0 Å². The van der Waals surface area contributed by atoms with Gasteiger partial charge in [-0.3, -0.25) is 0 Å². The third-order valence-electron chi connectivity index (χ3n) is 12.9. The molecule has 0 aliphatic rings. The topological polar surface area (TPSA) is 18.5 Å². The van der Waals surface area contributed by atoms with Crippen LogP contribution in [0.2, 0.25) is 0 Å². The molecule has 0 saturated heterocycles. The van der Waals surface area contributed by atoms with Gasteiger partial charge in [0.15, 0.2) is 0 Å². The minimum absolute atomic E-state index is 0.797. The van der Waals surface area contributed by atoms with E-state index in [1.165, 1.54) is 241 Å². The molecule has 2 nitrogen and oxygen atoms in total. The first-order valence-electron chi connectivity index (χ1n) is 26.6. The minimum atomic E-state index is 0.797. The van der Waals surface area contributed by atoms with Crippen molar-refractivity contribution in [2.45, 2.75) is 245 Å². The summed E-state index contributed by atoms with van der Waals surface area (Å²) >= 11 is 7.75. The molecule has 0 radical (unpaired) electrons. The molecule has 0 amide bonds. The van der Waals surface area contributed by atoms with Crippen LogP contribution in [-0.2, 0) is 0 Å². The van der Waals surface area contributed by atoms with E-state index in [0.717, 1.165) is 46.5 Å². The summed E-state index contributed by atoms with van der Waals surface area (Å²) in [4.78, 5) is 0. The van der Waals surface area contributed by atoms with Crippen LogP contribution in [0.25, 0.3) is 22.3 Å². The Hall–Kier alpha value is -1.78. The van der Waals surface area contributed by atoms with E-state index in [4.69, 9.17) is 9.47 Å². The molecule has 0 saturated carbocycles. The Bertz CT molecular complexity index is 1340. The van der Waals surface area contributed by atoms with Crippen molar-refractivity contribution >= 4 is 31.9 Å². The van der Waals surface area contributed by atoms with Crippen LogP contribution in [0.5, 0.6) is 11.5 Å². The second-order valence-electron chi connectivity index (χ2n) is 18.6. The van der Waals surface area contributed by atoms with Gasteiger partial charge < -0.3 is 9.47 Å². The predicted molar refractivity (Wildman–Crippen MR) is 281 cm³/mol. The molecular formula is C58H92Br2O2. The zero-order chi connectivity index (χ0) is 44.0. The first kappa shape index (κ1) is 54.6. The Balaban J connectivity index is 1.18. The Kier molecular flexibility index (Phi) is 33.9. The lowest BCUT2D eigenvalue weighted by Crippen LogP contribution is -1.97. The summed E-state index contributed by atoms with van der Waals surface area (Å²) in [6.07, 6.45) is 50.3. The summed E-state index contributed by atoms with van der Waals surface area (Å²) in [5.74, 6) is 1.91. The third kappa shape index (κ3) is 26.9. The molecule has 3 aromatic rings. The SMILES string of the molecule is CCCCCCCCCCCCCCCCCCCCOc1ccc(-c2cc(Br)c(-c3ccc(OCCCCCCCCCCCCCCCCCCCC)cc3)cc2Br)cc1. The van der Waals surface area contributed by atoms with Crippen LogP contribution < -0.4 is 9.47 Å². The van der Waals surface area contributed by atoms with Crippen LogP contribution in [0, 0.1) is 0 Å². The maximum Gasteiger partial charge on any atom is 0.119 e. The Morgan fingerprint density at radius 3 is 0.726 bits per heavy atom. The van der Waals surface area contributed by atoms with E-state index in [2.05, 4.69) is 106 Å². The molecule has 62 heavy (non-hydrogen) atoms. The fourth-order valence-electron chi connectivity index (χ4n) is 8.84. The van der Waals surface area contributed by atoms with Crippen LogP contribution in [0.15, 0.2) is 69.6 Å². The van der Waals surface area contributed by atoms with Gasteiger partial charge in [0.25, 0.3) is 0 Å². The fourth-order valence-corrected chi connectivity index (χ4v) is 9.98. The average molecular weight is 981 g/mol. The molecule has 0 bridgehead atoms. The zero-order valence-electron chi connectivity index (χ0n) is 40.2. The highest BCUT2D eigenvalue weighted by molar-refractivity contribution is 9.11. The molecule has 0 aliphatic carbocycles. The van der Waals surface area contributed by atoms with Gasteiger partial charge in [-0.05, 0) is 71.5 Å². The lowest BCUT2D eigenvalue weighted by molar-refractivity contribution is 0.304.